The molecule has 0 aliphatic rings. The van der Waals surface area contributed by atoms with E-state index in [0.717, 1.165) is 22.2 Å². The van der Waals surface area contributed by atoms with Gasteiger partial charge >= 0.3 is 6.18 Å². The maximum absolute atomic E-state index is 12.8. The minimum Gasteiger partial charge on any atom is -0.489 e. The second kappa shape index (κ2) is 10.2. The van der Waals surface area contributed by atoms with Crippen molar-refractivity contribution in [2.24, 2.45) is 0 Å². The minimum absolute atomic E-state index is 0.0539. The summed E-state index contributed by atoms with van der Waals surface area (Å²) in [4.78, 5) is 12.4. The van der Waals surface area contributed by atoms with Gasteiger partial charge in [0.05, 0.1) is 5.56 Å². The number of hydrogen-bond donors (Lipinski definition) is 1. The smallest absolute Gasteiger partial charge is 0.416 e. The Labute approximate surface area is 191 Å². The van der Waals surface area contributed by atoms with E-state index < -0.39 is 17.6 Å². The van der Waals surface area contributed by atoms with Crippen LogP contribution in [0.3, 0.4) is 0 Å². The lowest BCUT2D eigenvalue weighted by atomic mass is 10.1. The molecular formula is C24H16BrF3N2O2. The summed E-state index contributed by atoms with van der Waals surface area (Å²) in [6, 6.07) is 20.4. The summed E-state index contributed by atoms with van der Waals surface area (Å²) in [6.45, 7) is 0.361. The molecule has 0 bridgehead atoms. The number of anilines is 1. The molecule has 3 rings (SSSR count). The third kappa shape index (κ3) is 6.22. The summed E-state index contributed by atoms with van der Waals surface area (Å²) in [6.07, 6.45) is -3.18. The standard InChI is InChI=1S/C24H16BrF3N2O2/c25-22-7-2-1-4-17(22)15-32-21-10-8-16(9-11-21)12-18(14-29)23(31)30-20-6-3-5-19(13-20)24(26,27)28/h1-13H,15H2,(H,30,31)/b18-12+. The number of ether oxygens (including phenoxy) is 1. The van der Waals surface area contributed by atoms with E-state index in [2.05, 4.69) is 21.2 Å². The van der Waals surface area contributed by atoms with Gasteiger partial charge in [0.2, 0.25) is 0 Å². The van der Waals surface area contributed by atoms with Crippen molar-refractivity contribution in [1.82, 2.24) is 0 Å². The van der Waals surface area contributed by atoms with Crippen LogP contribution in [0.2, 0.25) is 0 Å². The number of nitrogens with one attached hydrogen (secondary N) is 1. The van der Waals surface area contributed by atoms with Crippen molar-refractivity contribution < 1.29 is 22.7 Å². The molecule has 162 valence electrons. The van der Waals surface area contributed by atoms with Gasteiger partial charge in [-0.05, 0) is 48.0 Å². The van der Waals surface area contributed by atoms with Gasteiger partial charge in [-0.15, -0.1) is 0 Å². The Morgan fingerprint density at radius 2 is 1.78 bits per heavy atom. The fraction of sp³-hybridized carbons (Fsp3) is 0.0833. The van der Waals surface area contributed by atoms with Crippen LogP contribution in [0.15, 0.2) is 82.8 Å². The molecule has 0 aliphatic carbocycles. The van der Waals surface area contributed by atoms with Gasteiger partial charge in [-0.3, -0.25) is 4.79 Å². The molecule has 0 aliphatic heterocycles. The molecule has 0 radical (unpaired) electrons. The molecule has 0 unspecified atom stereocenters. The van der Waals surface area contributed by atoms with Crippen molar-refractivity contribution in [1.29, 1.82) is 5.26 Å². The fourth-order valence-corrected chi connectivity index (χ4v) is 3.12. The molecule has 0 atom stereocenters. The Balaban J connectivity index is 1.67. The van der Waals surface area contributed by atoms with E-state index in [0.29, 0.717) is 17.9 Å². The van der Waals surface area contributed by atoms with Crippen molar-refractivity contribution in [2.75, 3.05) is 5.32 Å². The number of halogens is 4. The lowest BCUT2D eigenvalue weighted by Crippen LogP contribution is -2.14. The number of amides is 1. The Morgan fingerprint density at radius 3 is 2.44 bits per heavy atom. The van der Waals surface area contributed by atoms with E-state index in [1.54, 1.807) is 30.3 Å². The van der Waals surface area contributed by atoms with Crippen LogP contribution in [0.4, 0.5) is 18.9 Å². The summed E-state index contributed by atoms with van der Waals surface area (Å²) < 4.78 is 45.2. The molecule has 1 amide bonds. The van der Waals surface area contributed by atoms with Gasteiger partial charge in [-0.25, -0.2) is 0 Å². The molecule has 3 aromatic rings. The Bertz CT molecular complexity index is 1180. The van der Waals surface area contributed by atoms with Crippen LogP contribution >= 0.6 is 15.9 Å². The first kappa shape index (κ1) is 23.1. The first-order valence-corrected chi connectivity index (χ1v) is 10.1. The van der Waals surface area contributed by atoms with Gasteiger partial charge in [0.1, 0.15) is 24.0 Å². The summed E-state index contributed by atoms with van der Waals surface area (Å²) in [7, 11) is 0. The number of nitriles is 1. The first-order valence-electron chi connectivity index (χ1n) is 9.33. The molecular weight excluding hydrogens is 485 g/mol. The average molecular weight is 501 g/mol. The van der Waals surface area contributed by atoms with Gasteiger partial charge < -0.3 is 10.1 Å². The van der Waals surface area contributed by atoms with Gasteiger partial charge in [-0.1, -0.05) is 52.3 Å². The van der Waals surface area contributed by atoms with Gasteiger partial charge in [0, 0.05) is 15.7 Å². The number of carbonyl (C=O) groups is 1. The first-order chi connectivity index (χ1) is 15.3. The highest BCUT2D eigenvalue weighted by atomic mass is 79.9. The number of rotatable bonds is 6. The molecule has 0 heterocycles. The molecule has 8 heteroatoms. The highest BCUT2D eigenvalue weighted by molar-refractivity contribution is 9.10. The summed E-state index contributed by atoms with van der Waals surface area (Å²) in [5.74, 6) is -0.203. The predicted molar refractivity (Wildman–Crippen MR) is 119 cm³/mol. The molecule has 0 spiro atoms. The number of carbonyl (C=O) groups excluding carboxylic acids is 1. The monoisotopic (exact) mass is 500 g/mol. The highest BCUT2D eigenvalue weighted by Gasteiger charge is 2.30. The Morgan fingerprint density at radius 1 is 1.06 bits per heavy atom. The lowest BCUT2D eigenvalue weighted by Gasteiger charge is -2.10. The third-order valence-electron chi connectivity index (χ3n) is 4.36. The van der Waals surface area contributed by atoms with Crippen LogP contribution in [-0.2, 0) is 17.6 Å². The average Bonchev–Trinajstić information content (AvgIpc) is 2.77. The fourth-order valence-electron chi connectivity index (χ4n) is 2.72. The minimum atomic E-state index is -4.53. The summed E-state index contributed by atoms with van der Waals surface area (Å²) in [5, 5.41) is 11.6. The van der Waals surface area contributed by atoms with Crippen LogP contribution in [0, 0.1) is 11.3 Å². The number of alkyl halides is 3. The quantitative estimate of drug-likeness (QED) is 0.306. The zero-order chi connectivity index (χ0) is 23.1. The van der Waals surface area contributed by atoms with Crippen molar-refractivity contribution in [3.05, 3.63) is 99.5 Å². The van der Waals surface area contributed by atoms with Crippen LogP contribution in [0.5, 0.6) is 5.75 Å². The molecule has 0 saturated carbocycles. The number of hydrogen-bond acceptors (Lipinski definition) is 3. The zero-order valence-corrected chi connectivity index (χ0v) is 18.1. The normalized spacial score (nSPS) is 11.5. The van der Waals surface area contributed by atoms with E-state index in [9.17, 15) is 23.2 Å². The van der Waals surface area contributed by atoms with Crippen LogP contribution < -0.4 is 10.1 Å². The van der Waals surface area contributed by atoms with E-state index in [1.807, 2.05) is 24.3 Å². The van der Waals surface area contributed by atoms with E-state index in [-0.39, 0.29) is 11.3 Å². The van der Waals surface area contributed by atoms with Crippen molar-refractivity contribution >= 4 is 33.6 Å². The van der Waals surface area contributed by atoms with E-state index >= 15 is 0 Å². The molecule has 3 aromatic carbocycles. The van der Waals surface area contributed by atoms with Crippen molar-refractivity contribution in [2.45, 2.75) is 12.8 Å². The zero-order valence-electron chi connectivity index (χ0n) is 16.5. The topological polar surface area (TPSA) is 62.1 Å². The third-order valence-corrected chi connectivity index (χ3v) is 5.13. The van der Waals surface area contributed by atoms with Gasteiger partial charge in [-0.2, -0.15) is 18.4 Å². The largest absolute Gasteiger partial charge is 0.489 e. The van der Waals surface area contributed by atoms with Crippen molar-refractivity contribution in [3.8, 4) is 11.8 Å². The van der Waals surface area contributed by atoms with Gasteiger partial charge in [0.25, 0.3) is 5.91 Å². The molecule has 1 N–H and O–H groups in total. The number of benzene rings is 3. The second-order valence-electron chi connectivity index (χ2n) is 6.65. The molecule has 4 nitrogen and oxygen atoms in total. The summed E-state index contributed by atoms with van der Waals surface area (Å²) >= 11 is 3.46. The van der Waals surface area contributed by atoms with E-state index in [4.69, 9.17) is 4.74 Å². The molecule has 32 heavy (non-hydrogen) atoms. The highest BCUT2D eigenvalue weighted by Crippen LogP contribution is 2.30. The van der Waals surface area contributed by atoms with E-state index in [1.165, 1.54) is 18.2 Å². The number of nitrogens with zero attached hydrogens (tertiary/aromatic N) is 1. The van der Waals surface area contributed by atoms with Crippen molar-refractivity contribution in [3.63, 3.8) is 0 Å². The SMILES string of the molecule is N#C/C(=C\c1ccc(OCc2ccccc2Br)cc1)C(=O)Nc1cccc(C(F)(F)F)c1. The lowest BCUT2D eigenvalue weighted by molar-refractivity contribution is -0.137. The van der Waals surface area contributed by atoms with Crippen LogP contribution in [-0.4, -0.2) is 5.91 Å². The molecule has 0 fully saturated rings. The molecule has 0 aromatic heterocycles. The van der Waals surface area contributed by atoms with Crippen LogP contribution in [0.1, 0.15) is 16.7 Å². The summed E-state index contributed by atoms with van der Waals surface area (Å²) in [5.41, 5.74) is 0.352. The van der Waals surface area contributed by atoms with Gasteiger partial charge in [0.15, 0.2) is 0 Å². The Kier molecular flexibility index (Phi) is 7.33. The van der Waals surface area contributed by atoms with Crippen LogP contribution in [0.25, 0.3) is 6.08 Å². The maximum Gasteiger partial charge on any atom is 0.416 e. The predicted octanol–water partition coefficient (Wildman–Crippen LogP) is 6.59. The second-order valence-corrected chi connectivity index (χ2v) is 7.51. The maximum atomic E-state index is 12.8. The Hall–Kier alpha value is -3.57. The molecule has 0 saturated heterocycles.